The Morgan fingerprint density at radius 2 is 1.93 bits per heavy atom. The van der Waals surface area contributed by atoms with Gasteiger partial charge in [-0.1, -0.05) is 18.2 Å². The van der Waals surface area contributed by atoms with Crippen molar-refractivity contribution in [3.8, 4) is 5.69 Å². The molecule has 1 aromatic carbocycles. The summed E-state index contributed by atoms with van der Waals surface area (Å²) < 4.78 is 1.41. The van der Waals surface area contributed by atoms with Crippen LogP contribution in [0.15, 0.2) is 47.7 Å². The number of hydrogen-bond donors (Lipinski definition) is 1. The number of para-hydroxylation sites is 1. The van der Waals surface area contributed by atoms with Gasteiger partial charge in [-0.2, -0.15) is 0 Å². The van der Waals surface area contributed by atoms with Gasteiger partial charge in [-0.3, -0.25) is 9.36 Å². The Morgan fingerprint density at radius 3 is 2.64 bits per heavy atom. The van der Waals surface area contributed by atoms with E-state index in [9.17, 15) is 4.79 Å². The molecule has 0 aliphatic heterocycles. The molecule has 0 fully saturated rings. The van der Waals surface area contributed by atoms with Crippen molar-refractivity contribution in [1.29, 1.82) is 0 Å². The van der Waals surface area contributed by atoms with Crippen LogP contribution in [0.3, 0.4) is 0 Å². The summed E-state index contributed by atoms with van der Waals surface area (Å²) in [4.78, 5) is 15.4. The van der Waals surface area contributed by atoms with Gasteiger partial charge in [-0.05, 0) is 12.1 Å². The molecule has 0 aliphatic rings. The minimum absolute atomic E-state index is 0.149. The smallest absolute Gasteiger partial charge is 0.281 e. The molecule has 0 saturated carbocycles. The fraction of sp³-hybridized carbons (Fsp3) is 0. The number of rotatable bonds is 1. The fourth-order valence-electron chi connectivity index (χ4n) is 1.20. The summed E-state index contributed by atoms with van der Waals surface area (Å²) in [5.41, 5.74) is 6.13. The van der Waals surface area contributed by atoms with Crippen molar-refractivity contribution in [2.45, 2.75) is 0 Å². The summed E-state index contributed by atoms with van der Waals surface area (Å²) in [6.07, 6.45) is 2.80. The van der Waals surface area contributed by atoms with E-state index in [2.05, 4.69) is 4.98 Å². The van der Waals surface area contributed by atoms with Gasteiger partial charge in [0.1, 0.15) is 12.0 Å². The Hall–Kier alpha value is -2.10. The number of benzene rings is 1. The molecule has 0 saturated heterocycles. The normalized spacial score (nSPS) is 10.0. The molecule has 4 nitrogen and oxygen atoms in total. The fourth-order valence-corrected chi connectivity index (χ4v) is 1.20. The zero-order valence-electron chi connectivity index (χ0n) is 7.42. The summed E-state index contributed by atoms with van der Waals surface area (Å²) in [6, 6.07) is 9.23. The van der Waals surface area contributed by atoms with Crippen molar-refractivity contribution in [2.75, 3.05) is 5.73 Å². The minimum Gasteiger partial charge on any atom is -0.393 e. The number of aromatic nitrogens is 2. The van der Waals surface area contributed by atoms with Crippen molar-refractivity contribution in [2.24, 2.45) is 0 Å². The van der Waals surface area contributed by atoms with Gasteiger partial charge >= 0.3 is 0 Å². The van der Waals surface area contributed by atoms with E-state index in [4.69, 9.17) is 5.73 Å². The van der Waals surface area contributed by atoms with Crippen molar-refractivity contribution >= 4 is 5.69 Å². The molecule has 0 atom stereocenters. The Balaban J connectivity index is 2.64. The van der Waals surface area contributed by atoms with Gasteiger partial charge < -0.3 is 5.73 Å². The Labute approximate surface area is 80.6 Å². The van der Waals surface area contributed by atoms with E-state index in [0.29, 0.717) is 0 Å². The lowest BCUT2D eigenvalue weighted by atomic mass is 10.3. The summed E-state index contributed by atoms with van der Waals surface area (Å²) >= 11 is 0. The third-order valence-corrected chi connectivity index (χ3v) is 1.90. The van der Waals surface area contributed by atoms with Crippen molar-refractivity contribution < 1.29 is 0 Å². The van der Waals surface area contributed by atoms with E-state index < -0.39 is 0 Å². The molecule has 2 rings (SSSR count). The van der Waals surface area contributed by atoms with Gasteiger partial charge in [0, 0.05) is 0 Å². The molecule has 0 radical (unpaired) electrons. The molecular weight excluding hydrogens is 178 g/mol. The van der Waals surface area contributed by atoms with E-state index in [1.807, 2.05) is 30.3 Å². The van der Waals surface area contributed by atoms with Gasteiger partial charge in [0.2, 0.25) is 0 Å². The van der Waals surface area contributed by atoms with Gasteiger partial charge in [-0.25, -0.2) is 4.98 Å². The number of nitrogens with two attached hydrogens (primary N) is 1. The predicted molar refractivity (Wildman–Crippen MR) is 54.2 cm³/mol. The Kier molecular flexibility index (Phi) is 2.02. The van der Waals surface area contributed by atoms with E-state index in [1.54, 1.807) is 0 Å². The predicted octanol–water partition coefficient (Wildman–Crippen LogP) is 0.815. The van der Waals surface area contributed by atoms with Crippen LogP contribution in [0.1, 0.15) is 0 Å². The van der Waals surface area contributed by atoms with Crippen molar-refractivity contribution in [1.82, 2.24) is 9.55 Å². The maximum Gasteiger partial charge on any atom is 0.281 e. The van der Waals surface area contributed by atoms with Crippen LogP contribution >= 0.6 is 0 Å². The molecule has 1 heterocycles. The molecule has 2 aromatic rings. The molecule has 0 amide bonds. The quantitative estimate of drug-likeness (QED) is 0.718. The van der Waals surface area contributed by atoms with Crippen LogP contribution in [0.25, 0.3) is 5.69 Å². The maximum atomic E-state index is 11.6. The summed E-state index contributed by atoms with van der Waals surface area (Å²) in [6.45, 7) is 0. The highest BCUT2D eigenvalue weighted by Gasteiger charge is 2.00. The third kappa shape index (κ3) is 1.37. The van der Waals surface area contributed by atoms with Crippen LogP contribution in [0.5, 0.6) is 0 Å². The number of nitrogens with zero attached hydrogens (tertiary/aromatic N) is 2. The zero-order valence-corrected chi connectivity index (χ0v) is 7.42. The first-order chi connectivity index (χ1) is 6.79. The second-order valence-corrected chi connectivity index (χ2v) is 2.86. The number of hydrogen-bond acceptors (Lipinski definition) is 3. The first-order valence-corrected chi connectivity index (χ1v) is 4.16. The van der Waals surface area contributed by atoms with E-state index >= 15 is 0 Å². The van der Waals surface area contributed by atoms with Gasteiger partial charge in [0.05, 0.1) is 11.9 Å². The van der Waals surface area contributed by atoms with E-state index in [-0.39, 0.29) is 11.2 Å². The van der Waals surface area contributed by atoms with Gasteiger partial charge in [0.15, 0.2) is 0 Å². The average molecular weight is 187 g/mol. The van der Waals surface area contributed by atoms with E-state index in [1.165, 1.54) is 17.1 Å². The first-order valence-electron chi connectivity index (χ1n) is 4.16. The van der Waals surface area contributed by atoms with Crippen LogP contribution in [0.4, 0.5) is 5.69 Å². The van der Waals surface area contributed by atoms with Crippen molar-refractivity contribution in [3.05, 3.63) is 53.2 Å². The number of anilines is 1. The second kappa shape index (κ2) is 3.33. The van der Waals surface area contributed by atoms with Crippen molar-refractivity contribution in [3.63, 3.8) is 0 Å². The van der Waals surface area contributed by atoms with Crippen LogP contribution in [0, 0.1) is 0 Å². The zero-order chi connectivity index (χ0) is 9.97. The SMILES string of the molecule is Nc1cncn(-c2ccccc2)c1=O. The molecule has 0 aliphatic carbocycles. The summed E-state index contributed by atoms with van der Waals surface area (Å²) in [5.74, 6) is 0. The largest absolute Gasteiger partial charge is 0.393 e. The molecule has 14 heavy (non-hydrogen) atoms. The Bertz CT molecular complexity index is 490. The first kappa shape index (κ1) is 8.50. The second-order valence-electron chi connectivity index (χ2n) is 2.86. The molecule has 0 unspecified atom stereocenters. The molecule has 2 N–H and O–H groups in total. The monoisotopic (exact) mass is 187 g/mol. The molecule has 1 aromatic heterocycles. The third-order valence-electron chi connectivity index (χ3n) is 1.90. The highest BCUT2D eigenvalue weighted by atomic mass is 16.1. The lowest BCUT2D eigenvalue weighted by Gasteiger charge is -2.04. The molecule has 0 bridgehead atoms. The molecular formula is C10H9N3O. The lowest BCUT2D eigenvalue weighted by Crippen LogP contribution is -2.21. The highest BCUT2D eigenvalue weighted by molar-refractivity contribution is 5.37. The average Bonchev–Trinajstić information content (AvgIpc) is 2.23. The van der Waals surface area contributed by atoms with E-state index in [0.717, 1.165) is 5.69 Å². The lowest BCUT2D eigenvalue weighted by molar-refractivity contribution is 0.941. The van der Waals surface area contributed by atoms with Gasteiger partial charge in [0.25, 0.3) is 5.56 Å². The summed E-state index contributed by atoms with van der Waals surface area (Å²) in [5, 5.41) is 0. The highest BCUT2D eigenvalue weighted by Crippen LogP contribution is 2.03. The minimum atomic E-state index is -0.244. The summed E-state index contributed by atoms with van der Waals surface area (Å²) in [7, 11) is 0. The molecule has 0 spiro atoms. The standard InChI is InChI=1S/C10H9N3O/c11-9-6-12-7-13(10(9)14)8-4-2-1-3-5-8/h1-7H,11H2. The van der Waals surface area contributed by atoms with Crippen LogP contribution in [0.2, 0.25) is 0 Å². The topological polar surface area (TPSA) is 60.9 Å². The van der Waals surface area contributed by atoms with Gasteiger partial charge in [-0.15, -0.1) is 0 Å². The molecule has 70 valence electrons. The van der Waals surface area contributed by atoms with Crippen LogP contribution in [-0.4, -0.2) is 9.55 Å². The maximum absolute atomic E-state index is 11.6. The Morgan fingerprint density at radius 1 is 1.21 bits per heavy atom. The van der Waals surface area contributed by atoms with Crippen LogP contribution in [-0.2, 0) is 0 Å². The number of nitrogen functional groups attached to an aromatic ring is 1. The molecule has 4 heteroatoms. The van der Waals surface area contributed by atoms with Crippen LogP contribution < -0.4 is 11.3 Å².